The highest BCUT2D eigenvalue weighted by Gasteiger charge is 2.44. The van der Waals surface area contributed by atoms with Gasteiger partial charge in [0.15, 0.2) is 0 Å². The molecule has 0 radical (unpaired) electrons. The standard InChI is InChI=1S/C26H42N4O6P2S/c1-14-8-7-9-20(31)19(29-30-27)11-21(15(2)10-18-13-39-17(4)28-18)34-23(32)12-22(35-37)26(5,6)25(33)16(3)24(14)36-38/h10,13-14,16,19-22,24,31H,7-9,11-12,37-38H2,1-6H3. The van der Waals surface area contributed by atoms with E-state index in [1.165, 1.54) is 11.3 Å². The van der Waals surface area contributed by atoms with Crippen LogP contribution in [0.3, 0.4) is 0 Å². The predicted octanol–water partition coefficient (Wildman–Crippen LogP) is 5.99. The Hall–Kier alpha value is -1.44. The Morgan fingerprint density at radius 2 is 2.00 bits per heavy atom. The van der Waals surface area contributed by atoms with E-state index in [4.69, 9.17) is 13.8 Å². The number of carbonyl (C=O) groups is 2. The first-order valence-electron chi connectivity index (χ1n) is 13.1. The van der Waals surface area contributed by atoms with Crippen LogP contribution in [0.1, 0.15) is 77.4 Å². The molecule has 9 atom stereocenters. The third-order valence-electron chi connectivity index (χ3n) is 7.63. The summed E-state index contributed by atoms with van der Waals surface area (Å²) >= 11 is 1.50. The molecule has 0 aliphatic carbocycles. The van der Waals surface area contributed by atoms with Crippen molar-refractivity contribution in [2.75, 3.05) is 0 Å². The van der Waals surface area contributed by atoms with E-state index < -0.39 is 41.7 Å². The van der Waals surface area contributed by atoms with Gasteiger partial charge in [-0.05, 0) is 56.2 Å². The largest absolute Gasteiger partial charge is 0.458 e. The maximum Gasteiger partial charge on any atom is 0.309 e. The highest BCUT2D eigenvalue weighted by Crippen LogP contribution is 2.36. The van der Waals surface area contributed by atoms with Crippen LogP contribution in [0.15, 0.2) is 16.1 Å². The van der Waals surface area contributed by atoms with Crippen LogP contribution < -0.4 is 0 Å². The summed E-state index contributed by atoms with van der Waals surface area (Å²) in [6.45, 7) is 11.1. The summed E-state index contributed by atoms with van der Waals surface area (Å²) in [6.07, 6.45) is 0.566. The van der Waals surface area contributed by atoms with Crippen LogP contribution in [-0.4, -0.2) is 52.3 Å². The van der Waals surface area contributed by atoms with Crippen molar-refractivity contribution in [1.29, 1.82) is 0 Å². The molecule has 218 valence electrons. The number of rotatable bonds is 5. The number of carbonyl (C=O) groups excluding carboxylic acids is 2. The zero-order valence-electron chi connectivity index (χ0n) is 23.6. The lowest BCUT2D eigenvalue weighted by atomic mass is 9.73. The summed E-state index contributed by atoms with van der Waals surface area (Å²) in [6, 6.07) is -0.809. The highest BCUT2D eigenvalue weighted by atomic mass is 32.1. The van der Waals surface area contributed by atoms with E-state index in [2.05, 4.69) is 33.9 Å². The van der Waals surface area contributed by atoms with E-state index in [1.54, 1.807) is 13.8 Å². The van der Waals surface area contributed by atoms with Crippen molar-refractivity contribution >= 4 is 48.1 Å². The zero-order chi connectivity index (χ0) is 29.3. The van der Waals surface area contributed by atoms with E-state index >= 15 is 0 Å². The average molecular weight is 601 g/mol. The van der Waals surface area contributed by atoms with Crippen LogP contribution >= 0.6 is 30.3 Å². The number of thiazole rings is 1. The molecular weight excluding hydrogens is 558 g/mol. The van der Waals surface area contributed by atoms with Gasteiger partial charge in [-0.2, -0.15) is 0 Å². The van der Waals surface area contributed by atoms with Crippen molar-refractivity contribution in [3.05, 3.63) is 32.1 Å². The van der Waals surface area contributed by atoms with Gasteiger partial charge in [0, 0.05) is 35.1 Å². The molecule has 0 spiro atoms. The third kappa shape index (κ3) is 9.29. The Morgan fingerprint density at radius 1 is 1.31 bits per heavy atom. The van der Waals surface area contributed by atoms with Gasteiger partial charge < -0.3 is 18.9 Å². The van der Waals surface area contributed by atoms with Crippen molar-refractivity contribution < 1.29 is 28.5 Å². The molecule has 0 amide bonds. The van der Waals surface area contributed by atoms with Crippen LogP contribution in [0, 0.1) is 24.2 Å². The van der Waals surface area contributed by atoms with Gasteiger partial charge in [0.25, 0.3) is 0 Å². The fourth-order valence-electron chi connectivity index (χ4n) is 5.14. The lowest BCUT2D eigenvalue weighted by Crippen LogP contribution is -2.46. The van der Waals surface area contributed by atoms with Crippen molar-refractivity contribution in [2.24, 2.45) is 22.4 Å². The Kier molecular flexibility index (Phi) is 13.4. The van der Waals surface area contributed by atoms with Gasteiger partial charge in [0.1, 0.15) is 11.9 Å². The first kappa shape index (κ1) is 33.8. The molecule has 1 aromatic rings. The molecule has 13 heteroatoms. The van der Waals surface area contributed by atoms with E-state index in [1.807, 2.05) is 39.2 Å². The summed E-state index contributed by atoms with van der Waals surface area (Å²) < 4.78 is 17.2. The Bertz CT molecular complexity index is 1060. The Labute approximate surface area is 239 Å². The number of nitrogens with zero attached hydrogens (tertiary/aromatic N) is 4. The SMILES string of the molecule is CC(=Cc1csc(C)n1)C1CC(N=[N+]=[N-])C(O)CCCC(C)C(OP)C(C)C(=O)C(C)(C)C(OP)CC(=O)O1. The number of ether oxygens (including phenoxy) is 1. The number of hydrogen-bond donors (Lipinski definition) is 1. The lowest BCUT2D eigenvalue weighted by Gasteiger charge is -2.37. The van der Waals surface area contributed by atoms with Gasteiger partial charge in [0.05, 0.1) is 46.9 Å². The maximum absolute atomic E-state index is 13.7. The number of esters is 1. The molecule has 2 rings (SSSR count). The number of aryl methyl sites for hydroxylation is 1. The average Bonchev–Trinajstić information content (AvgIpc) is 3.29. The molecule has 1 aromatic heterocycles. The fourth-order valence-corrected chi connectivity index (χ4v) is 6.65. The van der Waals surface area contributed by atoms with Crippen LogP contribution in [0.2, 0.25) is 0 Å². The van der Waals surface area contributed by atoms with Gasteiger partial charge >= 0.3 is 5.97 Å². The minimum absolute atomic E-state index is 0.00935. The molecule has 39 heavy (non-hydrogen) atoms. The molecule has 1 aliphatic heterocycles. The fraction of sp³-hybridized carbons (Fsp3) is 0.731. The van der Waals surface area contributed by atoms with Gasteiger partial charge in [-0.15, -0.1) is 11.3 Å². The van der Waals surface area contributed by atoms with Gasteiger partial charge in [-0.3, -0.25) is 9.59 Å². The van der Waals surface area contributed by atoms with Crippen molar-refractivity contribution in [2.45, 2.75) is 104 Å². The number of hydrogen-bond acceptors (Lipinski definition) is 9. The Balaban J connectivity index is 2.48. The van der Waals surface area contributed by atoms with Crippen LogP contribution in [-0.2, 0) is 23.4 Å². The second kappa shape index (κ2) is 15.5. The van der Waals surface area contributed by atoms with Crippen molar-refractivity contribution in [3.63, 3.8) is 0 Å². The summed E-state index contributed by atoms with van der Waals surface area (Å²) in [5.74, 6) is -1.12. The smallest absolute Gasteiger partial charge is 0.309 e. The molecule has 2 heterocycles. The third-order valence-corrected chi connectivity index (χ3v) is 9.07. The number of aliphatic hydroxyl groups is 1. The van der Waals surface area contributed by atoms with Gasteiger partial charge in [-0.25, -0.2) is 4.98 Å². The van der Waals surface area contributed by atoms with Crippen molar-refractivity contribution in [1.82, 2.24) is 4.98 Å². The number of Topliss-reactive ketones (excluding diaryl/α,β-unsaturated/α-hetero) is 1. The molecule has 1 saturated heterocycles. The molecule has 0 saturated carbocycles. The molecule has 1 N–H and O–H groups in total. The summed E-state index contributed by atoms with van der Waals surface area (Å²) in [4.78, 5) is 34.3. The number of aliphatic hydroxyl groups excluding tert-OH is 1. The topological polar surface area (TPSA) is 144 Å². The molecule has 0 bridgehead atoms. The van der Waals surface area contributed by atoms with E-state index in [0.29, 0.717) is 24.8 Å². The van der Waals surface area contributed by atoms with Crippen LogP contribution in [0.4, 0.5) is 0 Å². The second-order valence-electron chi connectivity index (χ2n) is 10.9. The number of ketones is 1. The maximum atomic E-state index is 13.7. The molecule has 1 fully saturated rings. The number of azide groups is 1. The predicted molar refractivity (Wildman–Crippen MR) is 159 cm³/mol. The summed E-state index contributed by atoms with van der Waals surface area (Å²) in [5.41, 5.74) is 9.63. The summed E-state index contributed by atoms with van der Waals surface area (Å²) in [5, 5.41) is 17.6. The normalized spacial score (nSPS) is 31.8. The number of cyclic esters (lactones) is 1. The van der Waals surface area contributed by atoms with Gasteiger partial charge in [-0.1, -0.05) is 39.2 Å². The van der Waals surface area contributed by atoms with E-state index in [0.717, 1.165) is 10.7 Å². The van der Waals surface area contributed by atoms with Crippen LogP contribution in [0.25, 0.3) is 16.5 Å². The van der Waals surface area contributed by atoms with Crippen molar-refractivity contribution in [3.8, 4) is 0 Å². The second-order valence-corrected chi connectivity index (χ2v) is 12.6. The molecule has 1 aliphatic rings. The molecule has 0 aromatic carbocycles. The first-order valence-corrected chi connectivity index (χ1v) is 14.9. The van der Waals surface area contributed by atoms with Crippen LogP contribution in [0.5, 0.6) is 0 Å². The number of aromatic nitrogens is 1. The summed E-state index contributed by atoms with van der Waals surface area (Å²) in [7, 11) is 4.43. The molecular formula is C26H42N4O6P2S. The molecule has 10 nitrogen and oxygen atoms in total. The minimum Gasteiger partial charge on any atom is -0.458 e. The quantitative estimate of drug-likeness (QED) is 0.144. The Morgan fingerprint density at radius 3 is 2.56 bits per heavy atom. The monoisotopic (exact) mass is 600 g/mol. The van der Waals surface area contributed by atoms with E-state index in [-0.39, 0.29) is 30.6 Å². The zero-order valence-corrected chi connectivity index (χ0v) is 26.7. The van der Waals surface area contributed by atoms with Gasteiger partial charge in [0.2, 0.25) is 0 Å². The first-order chi connectivity index (χ1) is 18.3. The van der Waals surface area contributed by atoms with E-state index in [9.17, 15) is 20.2 Å². The molecule has 9 unspecified atom stereocenters. The highest BCUT2D eigenvalue weighted by molar-refractivity contribution is 7.10. The minimum atomic E-state index is -1.01. The lowest BCUT2D eigenvalue weighted by molar-refractivity contribution is -0.153.